The second-order valence-electron chi connectivity index (χ2n) is 1.21. The Balaban J connectivity index is 2.60. The third kappa shape index (κ3) is 5.32. The molecule has 2 heteroatoms. The first kappa shape index (κ1) is 6.32. The molecule has 0 rings (SSSR count). The SMILES string of the molecule is C#CNCCCN. The molecule has 2 nitrogen and oxygen atoms in total. The average Bonchev–Trinajstić information content (AvgIpc) is 1.69. The molecule has 0 atom stereocenters. The number of nitrogens with two attached hydrogens (primary N) is 1. The van der Waals surface area contributed by atoms with E-state index in [0.29, 0.717) is 6.54 Å². The van der Waals surface area contributed by atoms with Gasteiger partial charge < -0.3 is 11.1 Å². The van der Waals surface area contributed by atoms with Crippen molar-refractivity contribution < 1.29 is 0 Å². The molecule has 0 bridgehead atoms. The number of rotatable bonds is 3. The lowest BCUT2D eigenvalue weighted by atomic mass is 10.4. The van der Waals surface area contributed by atoms with E-state index >= 15 is 0 Å². The molecule has 0 aromatic heterocycles. The molecular formula is C5H10N2. The summed E-state index contributed by atoms with van der Waals surface area (Å²) in [5.41, 5.74) is 5.16. The normalized spacial score (nSPS) is 7.43. The molecule has 0 aliphatic heterocycles. The van der Waals surface area contributed by atoms with Crippen LogP contribution in [0.25, 0.3) is 0 Å². The zero-order chi connectivity index (χ0) is 5.54. The van der Waals surface area contributed by atoms with Crippen LogP contribution in [0.3, 0.4) is 0 Å². The van der Waals surface area contributed by atoms with Gasteiger partial charge >= 0.3 is 0 Å². The fourth-order valence-electron chi connectivity index (χ4n) is 0.263. The van der Waals surface area contributed by atoms with Gasteiger partial charge in [0.15, 0.2) is 0 Å². The zero-order valence-electron chi connectivity index (χ0n) is 4.28. The molecular weight excluding hydrogens is 88.1 g/mol. The Morgan fingerprint density at radius 2 is 2.43 bits per heavy atom. The van der Waals surface area contributed by atoms with E-state index in [0.717, 1.165) is 13.0 Å². The lowest BCUT2D eigenvalue weighted by Gasteiger charge is -1.91. The molecule has 3 N–H and O–H groups in total. The zero-order valence-corrected chi connectivity index (χ0v) is 4.28. The summed E-state index contributed by atoms with van der Waals surface area (Å²) in [4.78, 5) is 0. The van der Waals surface area contributed by atoms with Crippen molar-refractivity contribution in [2.24, 2.45) is 5.73 Å². The maximum Gasteiger partial charge on any atom is 0.0241 e. The van der Waals surface area contributed by atoms with Gasteiger partial charge in [0.05, 0.1) is 0 Å². The highest BCUT2D eigenvalue weighted by molar-refractivity contribution is 4.79. The van der Waals surface area contributed by atoms with E-state index < -0.39 is 0 Å². The second kappa shape index (κ2) is 5.32. The first-order valence-corrected chi connectivity index (χ1v) is 2.30. The van der Waals surface area contributed by atoms with Gasteiger partial charge in [-0.3, -0.25) is 0 Å². The Morgan fingerprint density at radius 1 is 1.71 bits per heavy atom. The lowest BCUT2D eigenvalue weighted by molar-refractivity contribution is 0.776. The van der Waals surface area contributed by atoms with Crippen LogP contribution in [-0.2, 0) is 0 Å². The van der Waals surface area contributed by atoms with Crippen LogP contribution < -0.4 is 11.1 Å². The summed E-state index contributed by atoms with van der Waals surface area (Å²) in [7, 11) is 0. The van der Waals surface area contributed by atoms with E-state index in [-0.39, 0.29) is 0 Å². The molecule has 0 amide bonds. The first-order valence-electron chi connectivity index (χ1n) is 2.30. The van der Waals surface area contributed by atoms with Crippen LogP contribution in [0.15, 0.2) is 0 Å². The molecule has 40 valence electrons. The molecule has 0 heterocycles. The fourth-order valence-corrected chi connectivity index (χ4v) is 0.263. The lowest BCUT2D eigenvalue weighted by Crippen LogP contribution is -2.11. The number of hydrogen-bond acceptors (Lipinski definition) is 2. The maximum atomic E-state index is 5.16. The molecule has 0 aromatic carbocycles. The van der Waals surface area contributed by atoms with Gasteiger partial charge in [-0.1, -0.05) is 6.42 Å². The van der Waals surface area contributed by atoms with E-state index in [1.54, 1.807) is 0 Å². The van der Waals surface area contributed by atoms with Crippen LogP contribution in [0, 0.1) is 12.5 Å². The molecule has 0 aliphatic carbocycles. The average molecular weight is 98.1 g/mol. The smallest absolute Gasteiger partial charge is 0.0241 e. The summed E-state index contributed by atoms with van der Waals surface area (Å²) in [5.74, 6) is 0. The Kier molecular flexibility index (Phi) is 4.80. The van der Waals surface area contributed by atoms with Crippen molar-refractivity contribution in [2.45, 2.75) is 6.42 Å². The number of terminal acetylenes is 1. The topological polar surface area (TPSA) is 38.0 Å². The van der Waals surface area contributed by atoms with Gasteiger partial charge in [0.1, 0.15) is 0 Å². The summed E-state index contributed by atoms with van der Waals surface area (Å²) in [6.07, 6.45) is 5.82. The molecule has 0 radical (unpaired) electrons. The van der Waals surface area contributed by atoms with Crippen LogP contribution in [0.4, 0.5) is 0 Å². The molecule has 0 aliphatic rings. The van der Waals surface area contributed by atoms with Crippen LogP contribution in [0.2, 0.25) is 0 Å². The minimum atomic E-state index is 0.703. The van der Waals surface area contributed by atoms with Crippen molar-refractivity contribution in [2.75, 3.05) is 13.1 Å². The highest BCUT2D eigenvalue weighted by atomic mass is 14.8. The van der Waals surface area contributed by atoms with E-state index in [9.17, 15) is 0 Å². The predicted octanol–water partition coefficient (Wildman–Crippen LogP) is -0.485. The minimum Gasteiger partial charge on any atom is -0.346 e. The highest BCUT2D eigenvalue weighted by Crippen LogP contribution is 1.64. The van der Waals surface area contributed by atoms with Gasteiger partial charge in [0, 0.05) is 12.6 Å². The Hall–Kier alpha value is -0.680. The van der Waals surface area contributed by atoms with E-state index in [2.05, 4.69) is 11.4 Å². The summed E-state index contributed by atoms with van der Waals surface area (Å²) in [5, 5.41) is 2.70. The summed E-state index contributed by atoms with van der Waals surface area (Å²) in [6, 6.07) is 2.30. The van der Waals surface area contributed by atoms with Gasteiger partial charge in [-0.15, -0.1) is 0 Å². The molecule has 0 saturated carbocycles. The van der Waals surface area contributed by atoms with Crippen LogP contribution in [0.5, 0.6) is 0 Å². The van der Waals surface area contributed by atoms with Crippen molar-refractivity contribution in [3.8, 4) is 12.5 Å². The van der Waals surface area contributed by atoms with E-state index in [1.165, 1.54) is 0 Å². The van der Waals surface area contributed by atoms with E-state index in [1.807, 2.05) is 0 Å². The van der Waals surface area contributed by atoms with Gasteiger partial charge in [-0.05, 0) is 13.0 Å². The van der Waals surface area contributed by atoms with Gasteiger partial charge in [-0.2, -0.15) is 0 Å². The number of nitrogens with one attached hydrogen (secondary N) is 1. The van der Waals surface area contributed by atoms with Gasteiger partial charge in [0.2, 0.25) is 0 Å². The molecule has 0 saturated heterocycles. The largest absolute Gasteiger partial charge is 0.346 e. The summed E-state index contributed by atoms with van der Waals surface area (Å²) < 4.78 is 0. The van der Waals surface area contributed by atoms with Crippen molar-refractivity contribution >= 4 is 0 Å². The Bertz CT molecular complexity index is 63.0. The predicted molar refractivity (Wildman–Crippen MR) is 30.5 cm³/mol. The van der Waals surface area contributed by atoms with Crippen molar-refractivity contribution in [3.63, 3.8) is 0 Å². The van der Waals surface area contributed by atoms with Gasteiger partial charge in [0.25, 0.3) is 0 Å². The maximum absolute atomic E-state index is 5.16. The second-order valence-corrected chi connectivity index (χ2v) is 1.21. The molecule has 0 spiro atoms. The van der Waals surface area contributed by atoms with Crippen LogP contribution in [0.1, 0.15) is 6.42 Å². The third-order valence-electron chi connectivity index (χ3n) is 0.608. The minimum absolute atomic E-state index is 0.703. The van der Waals surface area contributed by atoms with Crippen LogP contribution >= 0.6 is 0 Å². The molecule has 7 heavy (non-hydrogen) atoms. The Labute approximate surface area is 44.1 Å². The van der Waals surface area contributed by atoms with Gasteiger partial charge in [-0.25, -0.2) is 0 Å². The molecule has 0 unspecified atom stereocenters. The standard InChI is InChI=1S/C5H10N2/c1-2-7-5-3-4-6/h1,7H,3-6H2. The highest BCUT2D eigenvalue weighted by Gasteiger charge is 1.74. The van der Waals surface area contributed by atoms with Crippen molar-refractivity contribution in [1.82, 2.24) is 5.32 Å². The number of hydrogen-bond donors (Lipinski definition) is 2. The first-order chi connectivity index (χ1) is 3.41. The monoisotopic (exact) mass is 98.1 g/mol. The molecule has 0 aromatic rings. The van der Waals surface area contributed by atoms with E-state index in [4.69, 9.17) is 12.2 Å². The summed E-state index contributed by atoms with van der Waals surface area (Å²) >= 11 is 0. The van der Waals surface area contributed by atoms with Crippen LogP contribution in [-0.4, -0.2) is 13.1 Å². The summed E-state index contributed by atoms with van der Waals surface area (Å²) in [6.45, 7) is 1.53. The van der Waals surface area contributed by atoms with Crippen molar-refractivity contribution in [3.05, 3.63) is 0 Å². The third-order valence-corrected chi connectivity index (χ3v) is 0.608. The van der Waals surface area contributed by atoms with Crippen molar-refractivity contribution in [1.29, 1.82) is 0 Å². The molecule has 0 fully saturated rings. The quantitative estimate of drug-likeness (QED) is 0.284. The Morgan fingerprint density at radius 3 is 2.86 bits per heavy atom. The fraction of sp³-hybridized carbons (Fsp3) is 0.600.